The van der Waals surface area contributed by atoms with Crippen LogP contribution in [-0.2, 0) is 4.79 Å². The highest BCUT2D eigenvalue weighted by Crippen LogP contribution is 2.13. The Kier molecular flexibility index (Phi) is 5.85. The van der Waals surface area contributed by atoms with Crippen LogP contribution in [-0.4, -0.2) is 42.5 Å². The number of likely N-dealkylation sites (N-methyl/N-ethyl adjacent to an activating group) is 1. The molecule has 0 aliphatic heterocycles. The highest BCUT2D eigenvalue weighted by atomic mass is 32.2. The first-order valence-electron chi connectivity index (χ1n) is 5.77. The number of anilines is 1. The van der Waals surface area contributed by atoms with E-state index in [9.17, 15) is 4.79 Å². The van der Waals surface area contributed by atoms with E-state index in [2.05, 4.69) is 0 Å². The predicted molar refractivity (Wildman–Crippen MR) is 77.0 cm³/mol. The molecule has 1 aromatic carbocycles. The molecule has 0 radical (unpaired) electrons. The van der Waals surface area contributed by atoms with E-state index in [4.69, 9.17) is 10.5 Å². The Morgan fingerprint density at radius 2 is 2.06 bits per heavy atom. The predicted octanol–water partition coefficient (Wildman–Crippen LogP) is 1.86. The summed E-state index contributed by atoms with van der Waals surface area (Å²) in [4.78, 5) is 13.6. The Morgan fingerprint density at radius 3 is 2.61 bits per heavy atom. The molecule has 1 unspecified atom stereocenters. The minimum atomic E-state index is -0.0200. The van der Waals surface area contributed by atoms with E-state index in [1.54, 1.807) is 48.0 Å². The van der Waals surface area contributed by atoms with Crippen LogP contribution in [0.5, 0.6) is 5.75 Å². The number of ether oxygens (including phenoxy) is 1. The maximum absolute atomic E-state index is 11.9. The molecule has 0 saturated heterocycles. The van der Waals surface area contributed by atoms with Gasteiger partial charge in [0.25, 0.3) is 5.91 Å². The van der Waals surface area contributed by atoms with Crippen LogP contribution >= 0.6 is 11.8 Å². The second kappa shape index (κ2) is 7.16. The number of rotatable bonds is 6. The van der Waals surface area contributed by atoms with Crippen molar-refractivity contribution in [3.05, 3.63) is 24.3 Å². The molecular weight excluding hydrogens is 248 g/mol. The fraction of sp³-hybridized carbons (Fsp3) is 0.462. The molecule has 1 atom stereocenters. The van der Waals surface area contributed by atoms with Gasteiger partial charge in [0.1, 0.15) is 5.75 Å². The molecule has 1 amide bonds. The largest absolute Gasteiger partial charge is 0.484 e. The molecule has 0 aromatic heterocycles. The molecule has 0 saturated carbocycles. The zero-order valence-electron chi connectivity index (χ0n) is 11.1. The van der Waals surface area contributed by atoms with E-state index in [1.165, 1.54) is 0 Å². The third-order valence-corrected chi connectivity index (χ3v) is 3.52. The molecule has 5 heteroatoms. The first-order chi connectivity index (χ1) is 8.54. The Hall–Kier alpha value is -1.36. The van der Waals surface area contributed by atoms with Crippen molar-refractivity contribution in [1.82, 2.24) is 4.90 Å². The average molecular weight is 268 g/mol. The van der Waals surface area contributed by atoms with Crippen LogP contribution < -0.4 is 10.5 Å². The summed E-state index contributed by atoms with van der Waals surface area (Å²) in [6.45, 7) is 2.08. The Labute approximate surface area is 112 Å². The first kappa shape index (κ1) is 14.7. The SMILES string of the molecule is CSCC(C)N(C)C(=O)COc1ccc(N)cc1. The number of nitrogens with zero attached hydrogens (tertiary/aromatic N) is 1. The van der Waals surface area contributed by atoms with Gasteiger partial charge >= 0.3 is 0 Å². The molecule has 1 rings (SSSR count). The third kappa shape index (κ3) is 4.49. The van der Waals surface area contributed by atoms with Gasteiger partial charge in [-0.05, 0) is 37.4 Å². The molecular formula is C13H20N2O2S. The molecule has 1 aromatic rings. The summed E-state index contributed by atoms with van der Waals surface area (Å²) in [6.07, 6.45) is 2.03. The van der Waals surface area contributed by atoms with Crippen LogP contribution in [0.2, 0.25) is 0 Å². The fourth-order valence-corrected chi connectivity index (χ4v) is 2.12. The number of benzene rings is 1. The lowest BCUT2D eigenvalue weighted by molar-refractivity contribution is -0.133. The summed E-state index contributed by atoms with van der Waals surface area (Å²) in [6, 6.07) is 7.23. The Bertz CT molecular complexity index is 381. The van der Waals surface area contributed by atoms with Crippen molar-refractivity contribution in [3.63, 3.8) is 0 Å². The highest BCUT2D eigenvalue weighted by molar-refractivity contribution is 7.98. The van der Waals surface area contributed by atoms with Gasteiger partial charge in [0.2, 0.25) is 0 Å². The standard InChI is InChI=1S/C13H20N2O2S/c1-10(9-18-3)15(2)13(16)8-17-12-6-4-11(14)5-7-12/h4-7,10H,8-9,14H2,1-3H3. The third-order valence-electron chi connectivity index (χ3n) is 2.70. The molecule has 18 heavy (non-hydrogen) atoms. The van der Waals surface area contributed by atoms with Crippen molar-refractivity contribution in [2.24, 2.45) is 0 Å². The van der Waals surface area contributed by atoms with Crippen molar-refractivity contribution in [1.29, 1.82) is 0 Å². The highest BCUT2D eigenvalue weighted by Gasteiger charge is 2.15. The zero-order valence-corrected chi connectivity index (χ0v) is 11.9. The molecule has 2 N–H and O–H groups in total. The maximum atomic E-state index is 11.9. The van der Waals surface area contributed by atoms with Gasteiger partial charge in [0, 0.05) is 24.5 Å². The van der Waals surface area contributed by atoms with E-state index < -0.39 is 0 Å². The van der Waals surface area contributed by atoms with Crippen molar-refractivity contribution < 1.29 is 9.53 Å². The molecule has 100 valence electrons. The lowest BCUT2D eigenvalue weighted by atomic mass is 10.3. The molecule has 0 fully saturated rings. The van der Waals surface area contributed by atoms with E-state index >= 15 is 0 Å². The Balaban J connectivity index is 2.43. The summed E-state index contributed by atoms with van der Waals surface area (Å²) in [5.74, 6) is 1.56. The molecule has 0 aliphatic carbocycles. The number of nitrogen functional groups attached to an aromatic ring is 1. The molecule has 4 nitrogen and oxygen atoms in total. The quantitative estimate of drug-likeness (QED) is 0.800. The summed E-state index contributed by atoms with van der Waals surface area (Å²) >= 11 is 1.72. The molecule has 0 spiro atoms. The lowest BCUT2D eigenvalue weighted by Gasteiger charge is -2.24. The minimum Gasteiger partial charge on any atom is -0.484 e. The number of hydrogen-bond donors (Lipinski definition) is 1. The topological polar surface area (TPSA) is 55.6 Å². The second-order valence-electron chi connectivity index (χ2n) is 4.17. The van der Waals surface area contributed by atoms with Crippen molar-refractivity contribution >= 4 is 23.4 Å². The monoisotopic (exact) mass is 268 g/mol. The van der Waals surface area contributed by atoms with Crippen LogP contribution in [0.4, 0.5) is 5.69 Å². The molecule has 0 heterocycles. The van der Waals surface area contributed by atoms with E-state index in [1.807, 2.05) is 13.2 Å². The van der Waals surface area contributed by atoms with Gasteiger partial charge in [0.05, 0.1) is 0 Å². The number of thioether (sulfide) groups is 1. The first-order valence-corrected chi connectivity index (χ1v) is 7.17. The number of hydrogen-bond acceptors (Lipinski definition) is 4. The fourth-order valence-electron chi connectivity index (χ4n) is 1.41. The van der Waals surface area contributed by atoms with Crippen LogP contribution in [0.15, 0.2) is 24.3 Å². The molecule has 0 bridgehead atoms. The number of carbonyl (C=O) groups excluding carboxylic acids is 1. The van der Waals surface area contributed by atoms with Crippen LogP contribution in [0.3, 0.4) is 0 Å². The van der Waals surface area contributed by atoms with Crippen molar-refractivity contribution in [2.75, 3.05) is 31.4 Å². The summed E-state index contributed by atoms with van der Waals surface area (Å²) in [5, 5.41) is 0. The van der Waals surface area contributed by atoms with Crippen LogP contribution in [0, 0.1) is 0 Å². The Morgan fingerprint density at radius 1 is 1.44 bits per heavy atom. The average Bonchev–Trinajstić information content (AvgIpc) is 2.37. The summed E-state index contributed by atoms with van der Waals surface area (Å²) < 4.78 is 5.42. The van der Waals surface area contributed by atoms with Crippen molar-refractivity contribution in [2.45, 2.75) is 13.0 Å². The second-order valence-corrected chi connectivity index (χ2v) is 5.08. The van der Waals surface area contributed by atoms with Gasteiger partial charge in [0.15, 0.2) is 6.61 Å². The van der Waals surface area contributed by atoms with Gasteiger partial charge in [-0.1, -0.05) is 0 Å². The van der Waals surface area contributed by atoms with Gasteiger partial charge < -0.3 is 15.4 Å². The maximum Gasteiger partial charge on any atom is 0.260 e. The summed E-state index contributed by atoms with van der Waals surface area (Å²) in [5.41, 5.74) is 6.25. The van der Waals surface area contributed by atoms with Gasteiger partial charge in [-0.3, -0.25) is 4.79 Å². The van der Waals surface area contributed by atoms with Gasteiger partial charge in [-0.15, -0.1) is 0 Å². The number of carbonyl (C=O) groups is 1. The van der Waals surface area contributed by atoms with Crippen molar-refractivity contribution in [3.8, 4) is 5.75 Å². The number of amides is 1. The van der Waals surface area contributed by atoms with Gasteiger partial charge in [-0.25, -0.2) is 0 Å². The minimum absolute atomic E-state index is 0.0200. The normalized spacial score (nSPS) is 11.9. The smallest absolute Gasteiger partial charge is 0.260 e. The van der Waals surface area contributed by atoms with Crippen LogP contribution in [0.1, 0.15) is 6.92 Å². The summed E-state index contributed by atoms with van der Waals surface area (Å²) in [7, 11) is 1.80. The van der Waals surface area contributed by atoms with E-state index in [-0.39, 0.29) is 18.6 Å². The van der Waals surface area contributed by atoms with E-state index in [0.717, 1.165) is 5.75 Å². The molecule has 0 aliphatic rings. The number of nitrogens with two attached hydrogens (primary N) is 1. The van der Waals surface area contributed by atoms with Gasteiger partial charge in [-0.2, -0.15) is 11.8 Å². The van der Waals surface area contributed by atoms with E-state index in [0.29, 0.717) is 11.4 Å². The van der Waals surface area contributed by atoms with Crippen LogP contribution in [0.25, 0.3) is 0 Å². The lowest BCUT2D eigenvalue weighted by Crippen LogP contribution is -2.39. The zero-order chi connectivity index (χ0) is 13.5.